The molecule has 0 aliphatic rings. The molecule has 0 unspecified atom stereocenters. The van der Waals surface area contributed by atoms with Crippen LogP contribution < -0.4 is 11.2 Å². The Kier molecular flexibility index (Phi) is 4.53. The molecule has 0 aliphatic carbocycles. The number of aromatic amines is 1. The lowest BCUT2D eigenvalue weighted by atomic mass is 10.2. The number of hydrogen-bond donors (Lipinski definition) is 1. The number of nitrogens with one attached hydrogen (secondary N) is 1. The van der Waals surface area contributed by atoms with Gasteiger partial charge in [-0.3, -0.25) is 13.9 Å². The fourth-order valence-electron chi connectivity index (χ4n) is 2.61. The molecular weight excluding hydrogens is 372 g/mol. The van der Waals surface area contributed by atoms with Gasteiger partial charge in [-0.05, 0) is 37.6 Å². The van der Waals surface area contributed by atoms with Crippen LogP contribution in [0.2, 0.25) is 0 Å². The fourth-order valence-corrected chi connectivity index (χ4v) is 3.03. The van der Waals surface area contributed by atoms with Crippen LogP contribution >= 0.6 is 15.9 Å². The van der Waals surface area contributed by atoms with E-state index in [1.54, 1.807) is 13.0 Å². The van der Waals surface area contributed by atoms with Gasteiger partial charge >= 0.3 is 5.69 Å². The molecule has 0 saturated carbocycles. The Morgan fingerprint density at radius 1 is 1.17 bits per heavy atom. The number of hydrogen-bond acceptors (Lipinski definition) is 3. The van der Waals surface area contributed by atoms with Crippen molar-refractivity contribution in [2.24, 2.45) is 0 Å². The fraction of sp³-hybridized carbons (Fsp3) is 0.235. The van der Waals surface area contributed by atoms with E-state index < -0.39 is 0 Å². The lowest BCUT2D eigenvalue weighted by Crippen LogP contribution is -2.39. The van der Waals surface area contributed by atoms with Crippen LogP contribution in [0.25, 0.3) is 23.3 Å². The number of aromatic nitrogens is 4. The maximum atomic E-state index is 12.4. The molecule has 24 heavy (non-hydrogen) atoms. The Bertz CT molecular complexity index is 1040. The van der Waals surface area contributed by atoms with Crippen LogP contribution in [0.1, 0.15) is 25.2 Å². The normalized spacial score (nSPS) is 11.6. The van der Waals surface area contributed by atoms with Crippen molar-refractivity contribution in [3.63, 3.8) is 0 Å². The van der Waals surface area contributed by atoms with Crippen molar-refractivity contribution in [1.29, 1.82) is 0 Å². The van der Waals surface area contributed by atoms with Crippen LogP contribution in [0.4, 0.5) is 0 Å². The third kappa shape index (κ3) is 2.87. The average molecular weight is 389 g/mol. The second kappa shape index (κ2) is 6.60. The highest BCUT2D eigenvalue weighted by molar-refractivity contribution is 9.10. The maximum absolute atomic E-state index is 12.4. The molecule has 0 radical (unpaired) electrons. The number of benzene rings is 1. The molecule has 0 fully saturated rings. The molecular formula is C17H17BrN4O2. The molecule has 124 valence electrons. The van der Waals surface area contributed by atoms with E-state index >= 15 is 0 Å². The Morgan fingerprint density at radius 3 is 2.58 bits per heavy atom. The molecule has 2 heterocycles. The number of rotatable bonds is 4. The summed E-state index contributed by atoms with van der Waals surface area (Å²) in [5, 5.41) is 0. The average Bonchev–Trinajstić information content (AvgIpc) is 2.98. The van der Waals surface area contributed by atoms with Crippen molar-refractivity contribution in [3.8, 4) is 0 Å². The van der Waals surface area contributed by atoms with Gasteiger partial charge in [0.1, 0.15) is 11.3 Å². The number of halogens is 1. The molecule has 1 aromatic carbocycles. The summed E-state index contributed by atoms with van der Waals surface area (Å²) in [5.74, 6) is 0.539. The van der Waals surface area contributed by atoms with Crippen LogP contribution in [0.5, 0.6) is 0 Å². The summed E-state index contributed by atoms with van der Waals surface area (Å²) < 4.78 is 3.71. The highest BCUT2D eigenvalue weighted by atomic mass is 79.9. The van der Waals surface area contributed by atoms with E-state index in [4.69, 9.17) is 0 Å². The molecule has 0 amide bonds. The van der Waals surface area contributed by atoms with Crippen molar-refractivity contribution < 1.29 is 0 Å². The SMILES string of the molecule is CCn1c(=O)c2[nH]c(/C=C/c3cccc(Br)c3)nc2n(CC)c1=O. The van der Waals surface area contributed by atoms with Crippen LogP contribution in [0.3, 0.4) is 0 Å². The predicted molar refractivity (Wildman–Crippen MR) is 99.0 cm³/mol. The third-order valence-corrected chi connectivity index (χ3v) is 4.29. The number of aryl methyl sites for hydroxylation is 1. The second-order valence-corrected chi connectivity index (χ2v) is 6.20. The van der Waals surface area contributed by atoms with Gasteiger partial charge in [-0.25, -0.2) is 9.78 Å². The molecule has 0 bridgehead atoms. The highest BCUT2D eigenvalue weighted by Crippen LogP contribution is 2.14. The summed E-state index contributed by atoms with van der Waals surface area (Å²) in [5.41, 5.74) is 1.09. The molecule has 0 spiro atoms. The van der Waals surface area contributed by atoms with Gasteiger partial charge in [0.25, 0.3) is 5.56 Å². The lowest BCUT2D eigenvalue weighted by Gasteiger charge is -2.06. The van der Waals surface area contributed by atoms with E-state index in [0.29, 0.717) is 30.1 Å². The van der Waals surface area contributed by atoms with Crippen LogP contribution in [-0.2, 0) is 13.1 Å². The summed E-state index contributed by atoms with van der Waals surface area (Å²) in [4.78, 5) is 32.2. The molecule has 6 nitrogen and oxygen atoms in total. The van der Waals surface area contributed by atoms with E-state index in [2.05, 4.69) is 25.9 Å². The molecule has 2 aromatic heterocycles. The molecule has 3 aromatic rings. The van der Waals surface area contributed by atoms with E-state index in [1.807, 2.05) is 37.3 Å². The zero-order valence-electron chi connectivity index (χ0n) is 13.4. The molecule has 0 saturated heterocycles. The second-order valence-electron chi connectivity index (χ2n) is 5.29. The predicted octanol–water partition coefficient (Wildman–Crippen LogP) is 2.86. The number of imidazole rings is 1. The van der Waals surface area contributed by atoms with Gasteiger partial charge in [-0.15, -0.1) is 0 Å². The van der Waals surface area contributed by atoms with E-state index in [-0.39, 0.29) is 11.2 Å². The summed E-state index contributed by atoms with van der Waals surface area (Å²) >= 11 is 3.43. The first-order chi connectivity index (χ1) is 11.5. The van der Waals surface area contributed by atoms with E-state index in [1.165, 1.54) is 9.13 Å². The molecule has 0 aliphatic heterocycles. The minimum atomic E-state index is -0.336. The highest BCUT2D eigenvalue weighted by Gasteiger charge is 2.14. The summed E-state index contributed by atoms with van der Waals surface area (Å²) in [7, 11) is 0. The van der Waals surface area contributed by atoms with Crippen molar-refractivity contribution >= 4 is 39.2 Å². The quantitative estimate of drug-likeness (QED) is 0.746. The Balaban J connectivity index is 2.13. The Labute approximate surface area is 146 Å². The first kappa shape index (κ1) is 16.4. The first-order valence-corrected chi connectivity index (χ1v) is 8.51. The minimum Gasteiger partial charge on any atom is -0.333 e. The molecule has 3 rings (SSSR count). The molecule has 1 N–H and O–H groups in total. The standard InChI is InChI=1S/C17H17BrN4O2/c1-3-21-15-14(16(23)22(4-2)17(21)24)19-13(20-15)9-8-11-6-5-7-12(18)10-11/h5-10H,3-4H2,1-2H3,(H,19,20)/b9-8+. The van der Waals surface area contributed by atoms with Gasteiger partial charge in [-0.2, -0.15) is 0 Å². The number of nitrogens with zero attached hydrogens (tertiary/aromatic N) is 3. The van der Waals surface area contributed by atoms with Gasteiger partial charge < -0.3 is 4.98 Å². The van der Waals surface area contributed by atoms with Gasteiger partial charge in [0, 0.05) is 17.6 Å². The lowest BCUT2D eigenvalue weighted by molar-refractivity contribution is 0.605. The summed E-state index contributed by atoms with van der Waals surface area (Å²) in [6, 6.07) is 7.84. The monoisotopic (exact) mass is 388 g/mol. The first-order valence-electron chi connectivity index (χ1n) is 7.72. The number of H-pyrrole nitrogens is 1. The van der Waals surface area contributed by atoms with Crippen LogP contribution in [-0.4, -0.2) is 19.1 Å². The van der Waals surface area contributed by atoms with Crippen molar-refractivity contribution in [2.45, 2.75) is 26.9 Å². The van der Waals surface area contributed by atoms with Gasteiger partial charge in [0.05, 0.1) is 0 Å². The molecule has 0 atom stereocenters. The maximum Gasteiger partial charge on any atom is 0.332 e. The smallest absolute Gasteiger partial charge is 0.332 e. The van der Waals surface area contributed by atoms with E-state index in [0.717, 1.165) is 10.0 Å². The third-order valence-electron chi connectivity index (χ3n) is 3.79. The number of fused-ring (bicyclic) bond motifs is 1. The van der Waals surface area contributed by atoms with Crippen molar-refractivity contribution in [3.05, 3.63) is 61.0 Å². The Hall–Kier alpha value is -2.41. The summed E-state index contributed by atoms with van der Waals surface area (Å²) in [6.45, 7) is 4.42. The zero-order valence-corrected chi connectivity index (χ0v) is 15.0. The topological polar surface area (TPSA) is 72.7 Å². The zero-order chi connectivity index (χ0) is 17.3. The van der Waals surface area contributed by atoms with E-state index in [9.17, 15) is 9.59 Å². The van der Waals surface area contributed by atoms with Gasteiger partial charge in [0.15, 0.2) is 5.65 Å². The summed E-state index contributed by atoms with van der Waals surface area (Å²) in [6.07, 6.45) is 3.69. The van der Waals surface area contributed by atoms with Crippen molar-refractivity contribution in [2.75, 3.05) is 0 Å². The Morgan fingerprint density at radius 2 is 1.92 bits per heavy atom. The van der Waals surface area contributed by atoms with Gasteiger partial charge in [-0.1, -0.05) is 34.1 Å². The van der Waals surface area contributed by atoms with Crippen LogP contribution in [0.15, 0.2) is 38.3 Å². The largest absolute Gasteiger partial charge is 0.333 e. The minimum absolute atomic E-state index is 0.327. The van der Waals surface area contributed by atoms with Crippen molar-refractivity contribution in [1.82, 2.24) is 19.1 Å². The van der Waals surface area contributed by atoms with Crippen LogP contribution in [0, 0.1) is 0 Å². The molecule has 7 heteroatoms. The van der Waals surface area contributed by atoms with Gasteiger partial charge in [0.2, 0.25) is 0 Å².